The molecule has 8 nitrogen and oxygen atoms in total. The van der Waals surface area contributed by atoms with Gasteiger partial charge in [-0.2, -0.15) is 0 Å². The van der Waals surface area contributed by atoms with Crippen molar-refractivity contribution >= 4 is 22.2 Å². The molecule has 0 radical (unpaired) electrons. The van der Waals surface area contributed by atoms with Crippen LogP contribution in [0.25, 0.3) is 4.96 Å². The second-order valence-electron chi connectivity index (χ2n) is 6.98. The zero-order chi connectivity index (χ0) is 19.7. The number of carbonyl (C=O) groups excluding carboxylic acids is 1. The van der Waals surface area contributed by atoms with Gasteiger partial charge in [0.05, 0.1) is 17.8 Å². The average Bonchev–Trinajstić information content (AvgIpc) is 3.13. The summed E-state index contributed by atoms with van der Waals surface area (Å²) in [6, 6.07) is 6.40. The van der Waals surface area contributed by atoms with E-state index in [1.165, 1.54) is 21.8 Å². The second-order valence-corrected chi connectivity index (χ2v) is 7.85. The fourth-order valence-corrected chi connectivity index (χ4v) is 4.14. The van der Waals surface area contributed by atoms with Crippen LogP contribution in [0.15, 0.2) is 40.6 Å². The Morgan fingerprint density at radius 2 is 2.25 bits per heavy atom. The Labute approximate surface area is 165 Å². The van der Waals surface area contributed by atoms with Gasteiger partial charge in [0.1, 0.15) is 5.69 Å². The van der Waals surface area contributed by atoms with Crippen LogP contribution in [0.3, 0.4) is 0 Å². The van der Waals surface area contributed by atoms with E-state index in [1.54, 1.807) is 18.3 Å². The first-order valence-corrected chi connectivity index (χ1v) is 9.98. The molecule has 1 fully saturated rings. The molecule has 0 spiro atoms. The monoisotopic (exact) mass is 399 g/mol. The lowest BCUT2D eigenvalue weighted by Gasteiger charge is -2.36. The summed E-state index contributed by atoms with van der Waals surface area (Å²) in [5, 5.41) is 15.0. The van der Waals surface area contributed by atoms with Crippen LogP contribution in [0.2, 0.25) is 0 Å². The lowest BCUT2D eigenvalue weighted by molar-refractivity contribution is 0.0405. The quantitative estimate of drug-likeness (QED) is 0.674. The highest BCUT2D eigenvalue weighted by atomic mass is 32.1. The summed E-state index contributed by atoms with van der Waals surface area (Å²) in [5.41, 5.74) is 1.69. The van der Waals surface area contributed by atoms with Crippen molar-refractivity contribution in [2.45, 2.75) is 32.0 Å². The number of piperidine rings is 1. The molecule has 1 saturated heterocycles. The Balaban J connectivity index is 1.45. The third-order valence-corrected chi connectivity index (χ3v) is 5.60. The normalized spacial score (nSPS) is 20.4. The van der Waals surface area contributed by atoms with Gasteiger partial charge in [0, 0.05) is 43.0 Å². The lowest BCUT2D eigenvalue weighted by atomic mass is 10.0. The zero-order valence-corrected chi connectivity index (χ0v) is 16.2. The summed E-state index contributed by atoms with van der Waals surface area (Å²) in [6.07, 6.45) is 1.62. The van der Waals surface area contributed by atoms with E-state index < -0.39 is 12.1 Å². The molecule has 2 N–H and O–H groups in total. The Morgan fingerprint density at radius 1 is 1.39 bits per heavy atom. The molecule has 1 aliphatic heterocycles. The molecular weight excluding hydrogens is 378 g/mol. The van der Waals surface area contributed by atoms with Gasteiger partial charge in [-0.3, -0.25) is 18.9 Å². The topological polar surface area (TPSA) is 99.8 Å². The first-order valence-electron chi connectivity index (χ1n) is 9.10. The maximum absolute atomic E-state index is 12.5. The van der Waals surface area contributed by atoms with Crippen molar-refractivity contribution in [2.24, 2.45) is 0 Å². The maximum Gasteiger partial charge on any atom is 0.270 e. The molecule has 28 heavy (non-hydrogen) atoms. The first kappa shape index (κ1) is 18.7. The summed E-state index contributed by atoms with van der Waals surface area (Å²) in [4.78, 5) is 36.2. The number of carbonyl (C=O) groups is 1. The minimum Gasteiger partial charge on any atom is -0.391 e. The first-order chi connectivity index (χ1) is 13.5. The van der Waals surface area contributed by atoms with Gasteiger partial charge in [0.15, 0.2) is 4.96 Å². The molecule has 3 aromatic heterocycles. The number of aryl methyl sites for hydroxylation is 1. The molecule has 1 amide bonds. The van der Waals surface area contributed by atoms with Crippen molar-refractivity contribution in [3.63, 3.8) is 0 Å². The molecule has 2 atom stereocenters. The molecule has 0 aromatic carbocycles. The van der Waals surface area contributed by atoms with Gasteiger partial charge >= 0.3 is 0 Å². The van der Waals surface area contributed by atoms with E-state index >= 15 is 0 Å². The van der Waals surface area contributed by atoms with Gasteiger partial charge in [0.25, 0.3) is 11.5 Å². The predicted octanol–water partition coefficient (Wildman–Crippen LogP) is 0.825. The molecule has 0 unspecified atom stereocenters. The number of aliphatic hydroxyl groups is 1. The number of amides is 1. The smallest absolute Gasteiger partial charge is 0.270 e. The van der Waals surface area contributed by atoms with Crippen molar-refractivity contribution in [3.05, 3.63) is 63.3 Å². The van der Waals surface area contributed by atoms with Crippen LogP contribution < -0.4 is 10.9 Å². The van der Waals surface area contributed by atoms with E-state index in [0.717, 1.165) is 5.69 Å². The molecule has 0 bridgehead atoms. The van der Waals surface area contributed by atoms with Crippen LogP contribution in [0.5, 0.6) is 0 Å². The van der Waals surface area contributed by atoms with Gasteiger partial charge in [0.2, 0.25) is 0 Å². The van der Waals surface area contributed by atoms with Gasteiger partial charge in [-0.05, 0) is 25.5 Å². The molecule has 146 valence electrons. The van der Waals surface area contributed by atoms with Crippen LogP contribution >= 0.6 is 11.3 Å². The number of rotatable bonds is 4. The standard InChI is InChI=1S/C19H21N5O3S/c1-12-3-2-4-14(20-12)18(27)22-15-11-23(6-5-16(15)25)10-13-9-17(26)24-7-8-28-19(24)21-13/h2-4,7-9,15-16,25H,5-6,10-11H2,1H3,(H,22,27)/t15-,16-/m1/s1. The van der Waals surface area contributed by atoms with Gasteiger partial charge < -0.3 is 10.4 Å². The number of aromatic nitrogens is 3. The van der Waals surface area contributed by atoms with Crippen molar-refractivity contribution < 1.29 is 9.90 Å². The number of pyridine rings is 1. The van der Waals surface area contributed by atoms with E-state index in [1.807, 2.05) is 18.4 Å². The number of nitrogens with zero attached hydrogens (tertiary/aromatic N) is 4. The molecule has 3 aromatic rings. The fourth-order valence-electron chi connectivity index (χ4n) is 3.40. The number of nitrogens with one attached hydrogen (secondary N) is 1. The van der Waals surface area contributed by atoms with E-state index in [2.05, 4.69) is 20.2 Å². The van der Waals surface area contributed by atoms with Gasteiger partial charge in [-0.15, -0.1) is 11.3 Å². The lowest BCUT2D eigenvalue weighted by Crippen LogP contribution is -2.55. The van der Waals surface area contributed by atoms with Crippen molar-refractivity contribution in [1.82, 2.24) is 24.6 Å². The van der Waals surface area contributed by atoms with Crippen LogP contribution in [0, 0.1) is 6.92 Å². The van der Waals surface area contributed by atoms with Crippen molar-refractivity contribution in [3.8, 4) is 0 Å². The minimum atomic E-state index is -0.622. The summed E-state index contributed by atoms with van der Waals surface area (Å²) in [5.74, 6) is -0.300. The molecule has 9 heteroatoms. The Morgan fingerprint density at radius 3 is 3.07 bits per heavy atom. The van der Waals surface area contributed by atoms with Crippen molar-refractivity contribution in [1.29, 1.82) is 0 Å². The zero-order valence-electron chi connectivity index (χ0n) is 15.4. The Hall–Kier alpha value is -2.62. The largest absolute Gasteiger partial charge is 0.391 e. The van der Waals surface area contributed by atoms with Gasteiger partial charge in [-0.1, -0.05) is 6.07 Å². The third-order valence-electron chi connectivity index (χ3n) is 4.84. The highest BCUT2D eigenvalue weighted by Crippen LogP contribution is 2.15. The highest BCUT2D eigenvalue weighted by Gasteiger charge is 2.29. The SMILES string of the molecule is Cc1cccc(C(=O)N[C@@H]2CN(Cc3cc(=O)n4ccsc4n3)CC[C@H]2O)n1. The fraction of sp³-hybridized carbons (Fsp3) is 0.368. The van der Waals surface area contributed by atoms with Crippen LogP contribution in [-0.2, 0) is 6.54 Å². The Bertz CT molecular complexity index is 1060. The summed E-state index contributed by atoms with van der Waals surface area (Å²) >= 11 is 1.42. The average molecular weight is 399 g/mol. The van der Waals surface area contributed by atoms with E-state index in [0.29, 0.717) is 42.4 Å². The summed E-state index contributed by atoms with van der Waals surface area (Å²) in [6.45, 7) is 3.46. The minimum absolute atomic E-state index is 0.103. The number of hydrogen-bond acceptors (Lipinski definition) is 7. The van der Waals surface area contributed by atoms with E-state index in [4.69, 9.17) is 0 Å². The number of hydrogen-bond donors (Lipinski definition) is 2. The molecule has 0 saturated carbocycles. The van der Waals surface area contributed by atoms with Crippen LogP contribution in [-0.4, -0.2) is 55.5 Å². The number of likely N-dealkylation sites (tertiary alicyclic amines) is 1. The maximum atomic E-state index is 12.5. The van der Waals surface area contributed by atoms with Crippen LogP contribution in [0.1, 0.15) is 28.3 Å². The highest BCUT2D eigenvalue weighted by molar-refractivity contribution is 7.15. The van der Waals surface area contributed by atoms with Gasteiger partial charge in [-0.25, -0.2) is 9.97 Å². The van der Waals surface area contributed by atoms with Crippen LogP contribution in [0.4, 0.5) is 0 Å². The van der Waals surface area contributed by atoms with Crippen molar-refractivity contribution in [2.75, 3.05) is 13.1 Å². The number of thiazole rings is 1. The molecule has 4 rings (SSSR count). The molecule has 4 heterocycles. The number of aliphatic hydroxyl groups excluding tert-OH is 1. The second kappa shape index (κ2) is 7.78. The predicted molar refractivity (Wildman–Crippen MR) is 105 cm³/mol. The molecule has 1 aliphatic rings. The molecule has 0 aliphatic carbocycles. The third kappa shape index (κ3) is 3.96. The summed E-state index contributed by atoms with van der Waals surface area (Å²) < 4.78 is 1.52. The Kier molecular flexibility index (Phi) is 5.21. The van der Waals surface area contributed by atoms with E-state index in [9.17, 15) is 14.7 Å². The van der Waals surface area contributed by atoms with E-state index in [-0.39, 0.29) is 11.5 Å². The molecular formula is C19H21N5O3S. The summed E-state index contributed by atoms with van der Waals surface area (Å²) in [7, 11) is 0. The number of fused-ring (bicyclic) bond motifs is 1.